The number of ketones is 1. The fraction of sp³-hybridized carbons (Fsp3) is 0.103. The van der Waals surface area contributed by atoms with Gasteiger partial charge in [-0.25, -0.2) is 0 Å². The average molecular weight is 433 g/mol. The van der Waals surface area contributed by atoms with Crippen molar-refractivity contribution in [3.05, 3.63) is 131 Å². The Morgan fingerprint density at radius 3 is 2.30 bits per heavy atom. The van der Waals surface area contributed by atoms with Gasteiger partial charge in [-0.15, -0.1) is 0 Å². The Morgan fingerprint density at radius 1 is 0.818 bits per heavy atom. The van der Waals surface area contributed by atoms with Crippen LogP contribution in [-0.4, -0.2) is 15.2 Å². The topological polar surface area (TPSA) is 43.6 Å². The number of nitrogens with zero attached hydrogens (tertiary/aromatic N) is 2. The van der Waals surface area contributed by atoms with Crippen molar-refractivity contribution in [2.75, 3.05) is 0 Å². The number of rotatable bonds is 7. The summed E-state index contributed by atoms with van der Waals surface area (Å²) >= 11 is 0. The highest BCUT2D eigenvalue weighted by Gasteiger charge is 2.21. The SMILES string of the molecule is Cc1c(C(=O)c2ccc(Oc3ccccc3)cc2)c2ccccn2c1CCc1ccccn1. The van der Waals surface area contributed by atoms with Crippen LogP contribution in [0.4, 0.5) is 0 Å². The van der Waals surface area contributed by atoms with Gasteiger partial charge in [0, 0.05) is 29.3 Å². The molecule has 3 heterocycles. The normalized spacial score (nSPS) is 10.9. The number of carbonyl (C=O) groups is 1. The van der Waals surface area contributed by atoms with Crippen LogP contribution in [0.25, 0.3) is 5.52 Å². The lowest BCUT2D eigenvalue weighted by molar-refractivity contribution is 0.104. The van der Waals surface area contributed by atoms with E-state index in [0.29, 0.717) is 11.3 Å². The number of benzene rings is 2. The van der Waals surface area contributed by atoms with Crippen LogP contribution in [-0.2, 0) is 12.8 Å². The highest BCUT2D eigenvalue weighted by Crippen LogP contribution is 2.28. The van der Waals surface area contributed by atoms with Crippen molar-refractivity contribution in [3.8, 4) is 11.5 Å². The van der Waals surface area contributed by atoms with E-state index in [9.17, 15) is 4.79 Å². The van der Waals surface area contributed by atoms with Crippen molar-refractivity contribution in [3.63, 3.8) is 0 Å². The molecule has 0 radical (unpaired) electrons. The third-order valence-electron chi connectivity index (χ3n) is 5.88. The van der Waals surface area contributed by atoms with Gasteiger partial charge in [-0.05, 0) is 86.0 Å². The summed E-state index contributed by atoms with van der Waals surface area (Å²) in [5.74, 6) is 1.49. The molecule has 33 heavy (non-hydrogen) atoms. The third kappa shape index (κ3) is 4.28. The Bertz CT molecular complexity index is 1390. The molecule has 0 atom stereocenters. The molecule has 0 spiro atoms. The molecule has 2 aromatic carbocycles. The monoisotopic (exact) mass is 432 g/mol. The second-order valence-corrected chi connectivity index (χ2v) is 7.99. The first-order valence-corrected chi connectivity index (χ1v) is 11.1. The van der Waals surface area contributed by atoms with Gasteiger partial charge in [0.1, 0.15) is 11.5 Å². The van der Waals surface area contributed by atoms with E-state index >= 15 is 0 Å². The van der Waals surface area contributed by atoms with E-state index in [0.717, 1.165) is 46.6 Å². The van der Waals surface area contributed by atoms with E-state index < -0.39 is 0 Å². The lowest BCUT2D eigenvalue weighted by atomic mass is 9.99. The van der Waals surface area contributed by atoms with E-state index in [2.05, 4.69) is 9.38 Å². The molecule has 5 aromatic rings. The van der Waals surface area contributed by atoms with Gasteiger partial charge in [0.2, 0.25) is 0 Å². The number of hydrogen-bond donors (Lipinski definition) is 0. The van der Waals surface area contributed by atoms with E-state index in [1.165, 1.54) is 0 Å². The van der Waals surface area contributed by atoms with Crippen LogP contribution in [0.2, 0.25) is 0 Å². The zero-order valence-corrected chi connectivity index (χ0v) is 18.4. The maximum absolute atomic E-state index is 13.6. The molecule has 0 saturated carbocycles. The molecule has 0 bridgehead atoms. The molecular weight excluding hydrogens is 408 g/mol. The number of aromatic nitrogens is 2. The van der Waals surface area contributed by atoms with Crippen molar-refractivity contribution >= 4 is 11.3 Å². The fourth-order valence-corrected chi connectivity index (χ4v) is 4.23. The minimum atomic E-state index is 0.0200. The molecule has 3 aromatic heterocycles. The first kappa shape index (κ1) is 20.7. The van der Waals surface area contributed by atoms with Gasteiger partial charge in [-0.2, -0.15) is 0 Å². The zero-order valence-electron chi connectivity index (χ0n) is 18.4. The standard InChI is InChI=1S/C29H24N2O2/c1-21-26(18-15-23-9-5-7-19-30-23)31-20-8-6-12-27(31)28(21)29(32)22-13-16-25(17-14-22)33-24-10-3-2-4-11-24/h2-14,16-17,19-20H,15,18H2,1H3. The third-order valence-corrected chi connectivity index (χ3v) is 5.88. The number of para-hydroxylation sites is 1. The molecule has 0 amide bonds. The number of hydrogen-bond acceptors (Lipinski definition) is 3. The maximum atomic E-state index is 13.6. The molecule has 0 fully saturated rings. The maximum Gasteiger partial charge on any atom is 0.195 e. The van der Waals surface area contributed by atoms with Crippen LogP contribution in [0.1, 0.15) is 32.9 Å². The Morgan fingerprint density at radius 2 is 1.55 bits per heavy atom. The Hall–Kier alpha value is -4.18. The van der Waals surface area contributed by atoms with E-state index in [-0.39, 0.29) is 5.78 Å². The molecule has 0 saturated heterocycles. The molecule has 4 nitrogen and oxygen atoms in total. The predicted octanol–water partition coefficient (Wildman–Crippen LogP) is 6.45. The first-order valence-electron chi connectivity index (χ1n) is 11.1. The quantitative estimate of drug-likeness (QED) is 0.278. The second-order valence-electron chi connectivity index (χ2n) is 7.99. The summed E-state index contributed by atoms with van der Waals surface area (Å²) < 4.78 is 8.01. The van der Waals surface area contributed by atoms with E-state index in [1.54, 1.807) is 0 Å². The zero-order chi connectivity index (χ0) is 22.6. The van der Waals surface area contributed by atoms with Crippen molar-refractivity contribution in [1.29, 1.82) is 0 Å². The van der Waals surface area contributed by atoms with Gasteiger partial charge >= 0.3 is 0 Å². The molecule has 5 rings (SSSR count). The summed E-state index contributed by atoms with van der Waals surface area (Å²) in [7, 11) is 0. The average Bonchev–Trinajstić information content (AvgIpc) is 3.15. The Balaban J connectivity index is 1.44. The van der Waals surface area contributed by atoms with Gasteiger partial charge in [-0.3, -0.25) is 9.78 Å². The van der Waals surface area contributed by atoms with Gasteiger partial charge in [0.05, 0.1) is 11.1 Å². The summed E-state index contributed by atoms with van der Waals surface area (Å²) in [5.41, 5.74) is 5.54. The Labute approximate surface area is 193 Å². The van der Waals surface area contributed by atoms with Crippen LogP contribution in [0.3, 0.4) is 0 Å². The van der Waals surface area contributed by atoms with Gasteiger partial charge in [0.25, 0.3) is 0 Å². The Kier molecular flexibility index (Phi) is 5.73. The molecular formula is C29H24N2O2. The minimum absolute atomic E-state index is 0.0200. The lowest BCUT2D eigenvalue weighted by Gasteiger charge is -2.07. The molecule has 0 aliphatic heterocycles. The number of aryl methyl sites for hydroxylation is 2. The first-order chi connectivity index (χ1) is 16.2. The highest BCUT2D eigenvalue weighted by atomic mass is 16.5. The van der Waals surface area contributed by atoms with Crippen LogP contribution in [0.15, 0.2) is 103 Å². The van der Waals surface area contributed by atoms with Crippen molar-refractivity contribution in [2.24, 2.45) is 0 Å². The number of ether oxygens (including phenoxy) is 1. The molecule has 0 aliphatic rings. The second kappa shape index (κ2) is 9.13. The number of pyridine rings is 2. The van der Waals surface area contributed by atoms with Crippen molar-refractivity contribution in [1.82, 2.24) is 9.38 Å². The van der Waals surface area contributed by atoms with Crippen LogP contribution < -0.4 is 4.74 Å². The van der Waals surface area contributed by atoms with Crippen molar-refractivity contribution < 1.29 is 9.53 Å². The number of carbonyl (C=O) groups excluding carboxylic acids is 1. The summed E-state index contributed by atoms with van der Waals surface area (Å²) in [6.45, 7) is 2.04. The van der Waals surface area contributed by atoms with Crippen LogP contribution >= 0.6 is 0 Å². The van der Waals surface area contributed by atoms with Crippen LogP contribution in [0, 0.1) is 6.92 Å². The molecule has 0 aliphatic carbocycles. The van der Waals surface area contributed by atoms with E-state index in [4.69, 9.17) is 4.74 Å². The summed E-state index contributed by atoms with van der Waals surface area (Å²) in [5, 5.41) is 0. The molecule has 4 heteroatoms. The fourth-order valence-electron chi connectivity index (χ4n) is 4.23. The van der Waals surface area contributed by atoms with Gasteiger partial charge in [0.15, 0.2) is 5.78 Å². The number of fused-ring (bicyclic) bond motifs is 1. The van der Waals surface area contributed by atoms with Crippen molar-refractivity contribution in [2.45, 2.75) is 19.8 Å². The summed E-state index contributed by atoms with van der Waals surface area (Å²) in [6.07, 6.45) is 5.48. The summed E-state index contributed by atoms with van der Waals surface area (Å²) in [4.78, 5) is 18.0. The van der Waals surface area contributed by atoms with Gasteiger partial charge < -0.3 is 9.14 Å². The molecule has 0 unspecified atom stereocenters. The summed E-state index contributed by atoms with van der Waals surface area (Å²) in [6, 6.07) is 28.9. The smallest absolute Gasteiger partial charge is 0.195 e. The van der Waals surface area contributed by atoms with E-state index in [1.807, 2.05) is 110 Å². The van der Waals surface area contributed by atoms with Gasteiger partial charge in [-0.1, -0.05) is 30.3 Å². The minimum Gasteiger partial charge on any atom is -0.457 e. The molecule has 162 valence electrons. The molecule has 0 N–H and O–H groups in total. The largest absolute Gasteiger partial charge is 0.457 e. The van der Waals surface area contributed by atoms with Crippen LogP contribution in [0.5, 0.6) is 11.5 Å². The highest BCUT2D eigenvalue weighted by molar-refractivity contribution is 6.14. The predicted molar refractivity (Wildman–Crippen MR) is 130 cm³/mol. The lowest BCUT2D eigenvalue weighted by Crippen LogP contribution is -2.03.